The zero-order valence-electron chi connectivity index (χ0n) is 20.8. The fourth-order valence-corrected chi connectivity index (χ4v) is 4.40. The van der Waals surface area contributed by atoms with Crippen molar-refractivity contribution >= 4 is 11.0 Å². The van der Waals surface area contributed by atoms with Gasteiger partial charge in [-0.1, -0.05) is 23.3 Å². The van der Waals surface area contributed by atoms with Crippen molar-refractivity contribution < 1.29 is 24.5 Å². The number of allylic oxidation sites excluding steroid dienone is 4. The number of rotatable bonds is 6. The lowest BCUT2D eigenvalue weighted by Crippen LogP contribution is -2.39. The number of benzene rings is 2. The van der Waals surface area contributed by atoms with Crippen LogP contribution in [0, 0.1) is 0 Å². The maximum Gasteiger partial charge on any atom is 0.142 e. The van der Waals surface area contributed by atoms with E-state index in [1.807, 2.05) is 39.8 Å². The molecule has 5 heteroatoms. The molecule has 1 aromatic heterocycles. The number of aliphatic hydroxyl groups is 1. The van der Waals surface area contributed by atoms with E-state index in [4.69, 9.17) is 9.15 Å². The van der Waals surface area contributed by atoms with Gasteiger partial charge in [-0.3, -0.25) is 0 Å². The highest BCUT2D eigenvalue weighted by molar-refractivity contribution is 5.89. The molecule has 0 radical (unpaired) electrons. The van der Waals surface area contributed by atoms with Gasteiger partial charge >= 0.3 is 0 Å². The van der Waals surface area contributed by atoms with Crippen molar-refractivity contribution in [2.45, 2.75) is 72.5 Å². The standard InChI is InChI=1S/C29H34O5/c1-16(2)7-10-19-23(31)15-24-21(14-26(33-24)29(5,6)32)27(19)25-13-18-9-12-22(30)20(28(18)34-25)11-8-17(3)4/h7-9,12-13,15,26,30-32H,10-11,14H2,1-6H3. The van der Waals surface area contributed by atoms with Crippen LogP contribution in [0.15, 0.2) is 52.0 Å². The second-order valence-corrected chi connectivity index (χ2v) is 10.3. The van der Waals surface area contributed by atoms with Crippen molar-refractivity contribution in [3.63, 3.8) is 0 Å². The Labute approximate surface area is 201 Å². The summed E-state index contributed by atoms with van der Waals surface area (Å²) in [5.74, 6) is 1.51. The van der Waals surface area contributed by atoms with Gasteiger partial charge in [0, 0.05) is 40.1 Å². The van der Waals surface area contributed by atoms with Crippen LogP contribution in [0.5, 0.6) is 17.2 Å². The predicted molar refractivity (Wildman–Crippen MR) is 136 cm³/mol. The van der Waals surface area contributed by atoms with Gasteiger partial charge in [0.15, 0.2) is 0 Å². The van der Waals surface area contributed by atoms with E-state index < -0.39 is 11.7 Å². The Balaban J connectivity index is 1.94. The third-order valence-corrected chi connectivity index (χ3v) is 6.36. The van der Waals surface area contributed by atoms with Crippen molar-refractivity contribution in [2.24, 2.45) is 0 Å². The Hall–Kier alpha value is -3.18. The van der Waals surface area contributed by atoms with Crippen LogP contribution in [0.1, 0.15) is 58.2 Å². The summed E-state index contributed by atoms with van der Waals surface area (Å²) in [5.41, 5.74) is 5.11. The minimum atomic E-state index is -1.04. The highest BCUT2D eigenvalue weighted by Gasteiger charge is 2.38. The molecule has 0 fully saturated rings. The maximum absolute atomic E-state index is 11.0. The number of aromatic hydroxyl groups is 2. The van der Waals surface area contributed by atoms with Crippen LogP contribution in [-0.4, -0.2) is 27.0 Å². The summed E-state index contributed by atoms with van der Waals surface area (Å²) >= 11 is 0. The van der Waals surface area contributed by atoms with E-state index in [2.05, 4.69) is 12.2 Å². The second-order valence-electron chi connectivity index (χ2n) is 10.3. The fourth-order valence-electron chi connectivity index (χ4n) is 4.40. The summed E-state index contributed by atoms with van der Waals surface area (Å²) in [7, 11) is 0. The summed E-state index contributed by atoms with van der Waals surface area (Å²) < 4.78 is 12.5. The van der Waals surface area contributed by atoms with Gasteiger partial charge in [-0.05, 0) is 72.6 Å². The van der Waals surface area contributed by atoms with E-state index in [0.29, 0.717) is 36.4 Å². The van der Waals surface area contributed by atoms with Crippen LogP contribution in [0.4, 0.5) is 0 Å². The Morgan fingerprint density at radius 1 is 0.971 bits per heavy atom. The lowest BCUT2D eigenvalue weighted by atomic mass is 9.90. The van der Waals surface area contributed by atoms with Crippen LogP contribution < -0.4 is 4.74 Å². The van der Waals surface area contributed by atoms with Crippen LogP contribution in [0.2, 0.25) is 0 Å². The third-order valence-electron chi connectivity index (χ3n) is 6.36. The largest absolute Gasteiger partial charge is 0.508 e. The first-order valence-corrected chi connectivity index (χ1v) is 11.7. The van der Waals surface area contributed by atoms with E-state index >= 15 is 0 Å². The number of ether oxygens (including phenoxy) is 1. The van der Waals surface area contributed by atoms with Crippen molar-refractivity contribution in [1.29, 1.82) is 0 Å². The summed E-state index contributed by atoms with van der Waals surface area (Å²) in [6.45, 7) is 11.6. The molecule has 1 aliphatic heterocycles. The molecule has 1 unspecified atom stereocenters. The van der Waals surface area contributed by atoms with Crippen molar-refractivity contribution in [2.75, 3.05) is 0 Å². The van der Waals surface area contributed by atoms with Gasteiger partial charge < -0.3 is 24.5 Å². The molecule has 0 saturated heterocycles. The summed E-state index contributed by atoms with van der Waals surface area (Å²) in [4.78, 5) is 0. The van der Waals surface area contributed by atoms with Crippen molar-refractivity contribution in [3.8, 4) is 28.6 Å². The van der Waals surface area contributed by atoms with Crippen LogP contribution in [-0.2, 0) is 19.3 Å². The Morgan fingerprint density at radius 3 is 2.24 bits per heavy atom. The van der Waals surface area contributed by atoms with E-state index in [1.54, 1.807) is 26.0 Å². The third kappa shape index (κ3) is 4.58. The molecule has 2 heterocycles. The number of phenolic OH excluding ortho intramolecular Hbond substituents is 2. The number of phenols is 2. The molecule has 0 spiro atoms. The molecular formula is C29H34O5. The van der Waals surface area contributed by atoms with E-state index in [9.17, 15) is 15.3 Å². The molecule has 2 aromatic carbocycles. The van der Waals surface area contributed by atoms with Crippen LogP contribution >= 0.6 is 0 Å². The monoisotopic (exact) mass is 462 g/mol. The van der Waals surface area contributed by atoms with Gasteiger partial charge in [0.05, 0.1) is 5.60 Å². The molecule has 0 amide bonds. The molecule has 5 nitrogen and oxygen atoms in total. The van der Waals surface area contributed by atoms with Gasteiger partial charge in [0.25, 0.3) is 0 Å². The van der Waals surface area contributed by atoms with Crippen LogP contribution in [0.25, 0.3) is 22.3 Å². The number of fused-ring (bicyclic) bond motifs is 2. The first kappa shape index (κ1) is 24.0. The first-order valence-electron chi connectivity index (χ1n) is 11.7. The normalized spacial score (nSPS) is 15.2. The van der Waals surface area contributed by atoms with Gasteiger partial charge in [-0.25, -0.2) is 0 Å². The number of hydrogen-bond donors (Lipinski definition) is 3. The zero-order chi connectivity index (χ0) is 24.8. The molecule has 4 rings (SSSR count). The number of furan rings is 1. The molecule has 1 atom stereocenters. The van der Waals surface area contributed by atoms with Gasteiger partial charge in [0.2, 0.25) is 0 Å². The fraction of sp³-hybridized carbons (Fsp3) is 0.379. The molecule has 34 heavy (non-hydrogen) atoms. The van der Waals surface area contributed by atoms with E-state index in [1.165, 1.54) is 0 Å². The summed E-state index contributed by atoms with van der Waals surface area (Å²) in [6.07, 6.45) is 5.31. The van der Waals surface area contributed by atoms with Crippen molar-refractivity contribution in [1.82, 2.24) is 0 Å². The average Bonchev–Trinajstić information content (AvgIpc) is 3.34. The minimum absolute atomic E-state index is 0.135. The Kier molecular flexibility index (Phi) is 6.26. The molecule has 1 aliphatic rings. The summed E-state index contributed by atoms with van der Waals surface area (Å²) in [6, 6.07) is 7.14. The van der Waals surface area contributed by atoms with Crippen molar-refractivity contribution in [3.05, 3.63) is 64.3 Å². The minimum Gasteiger partial charge on any atom is -0.508 e. The SMILES string of the molecule is CC(C)=CCc1c(O)cc2c(c1-c1cc3ccc(O)c(CC=C(C)C)c3o1)CC(C(C)(C)O)O2. The lowest BCUT2D eigenvalue weighted by molar-refractivity contribution is -0.0230. The summed E-state index contributed by atoms with van der Waals surface area (Å²) in [5, 5.41) is 33.0. The Morgan fingerprint density at radius 2 is 1.62 bits per heavy atom. The topological polar surface area (TPSA) is 83.1 Å². The highest BCUT2D eigenvalue weighted by atomic mass is 16.5. The van der Waals surface area contributed by atoms with E-state index in [0.717, 1.165) is 38.8 Å². The molecule has 0 aliphatic carbocycles. The molecule has 3 N–H and O–H groups in total. The molecule has 0 bridgehead atoms. The smallest absolute Gasteiger partial charge is 0.142 e. The van der Waals surface area contributed by atoms with Gasteiger partial charge in [0.1, 0.15) is 34.7 Å². The molecular weight excluding hydrogens is 428 g/mol. The number of hydrogen-bond acceptors (Lipinski definition) is 5. The quantitative estimate of drug-likeness (QED) is 0.359. The highest BCUT2D eigenvalue weighted by Crippen LogP contribution is 2.47. The predicted octanol–water partition coefficient (Wildman–Crippen LogP) is 6.60. The molecule has 180 valence electrons. The second kappa shape index (κ2) is 8.88. The average molecular weight is 463 g/mol. The molecule has 3 aromatic rings. The molecule has 0 saturated carbocycles. The zero-order valence-corrected chi connectivity index (χ0v) is 20.8. The van der Waals surface area contributed by atoms with Crippen LogP contribution in [0.3, 0.4) is 0 Å². The van der Waals surface area contributed by atoms with Gasteiger partial charge in [-0.15, -0.1) is 0 Å². The van der Waals surface area contributed by atoms with E-state index in [-0.39, 0.29) is 11.5 Å². The maximum atomic E-state index is 11.0. The lowest BCUT2D eigenvalue weighted by Gasteiger charge is -2.24. The Bertz CT molecular complexity index is 1290. The van der Waals surface area contributed by atoms with Gasteiger partial charge in [-0.2, -0.15) is 0 Å². The first-order chi connectivity index (χ1) is 16.0.